The van der Waals surface area contributed by atoms with E-state index in [1.807, 2.05) is 6.92 Å². The minimum atomic E-state index is -0.674. The molecule has 2 fully saturated rings. The van der Waals surface area contributed by atoms with E-state index in [1.165, 1.54) is 17.6 Å². The number of nitrogens with zero attached hydrogens (tertiary/aromatic N) is 1. The van der Waals surface area contributed by atoms with E-state index in [-0.39, 0.29) is 47.5 Å². The molecule has 3 aliphatic carbocycles. The van der Waals surface area contributed by atoms with Gasteiger partial charge in [0.25, 0.3) is 5.91 Å². The maximum absolute atomic E-state index is 13.2. The Bertz CT molecular complexity index is 1080. The number of amides is 2. The predicted octanol–water partition coefficient (Wildman–Crippen LogP) is 3.85. The van der Waals surface area contributed by atoms with Gasteiger partial charge in [0.2, 0.25) is 5.91 Å². The second kappa shape index (κ2) is 9.33. The Hall–Kier alpha value is -2.23. The van der Waals surface area contributed by atoms with E-state index in [0.29, 0.717) is 24.4 Å². The first-order valence-electron chi connectivity index (χ1n) is 12.7. The molecule has 3 aliphatic rings. The number of anilines is 1. The fourth-order valence-electron chi connectivity index (χ4n) is 6.81. The Labute approximate surface area is 209 Å². The summed E-state index contributed by atoms with van der Waals surface area (Å²) < 4.78 is 5.21. The van der Waals surface area contributed by atoms with Crippen LogP contribution in [0.5, 0.6) is 0 Å². The van der Waals surface area contributed by atoms with Crippen LogP contribution in [0.25, 0.3) is 0 Å². The number of aromatic nitrogens is 1. The predicted molar refractivity (Wildman–Crippen MR) is 132 cm³/mol. The number of rotatable bonds is 6. The average molecular weight is 502 g/mol. The molecule has 2 aromatic heterocycles. The van der Waals surface area contributed by atoms with Crippen molar-refractivity contribution in [1.29, 1.82) is 0 Å². The number of aliphatic hydroxyl groups excluding tert-OH is 2. The normalized spacial score (nSPS) is 32.6. The van der Waals surface area contributed by atoms with Gasteiger partial charge in [-0.25, -0.2) is 4.98 Å². The highest BCUT2D eigenvalue weighted by Gasteiger charge is 2.59. The molecule has 9 heteroatoms. The number of carbonyl (C=O) groups excluding carboxylic acids is 2. The van der Waals surface area contributed by atoms with Crippen LogP contribution >= 0.6 is 11.3 Å². The second-order valence-electron chi connectivity index (χ2n) is 11.0. The topological polar surface area (TPSA) is 125 Å². The zero-order valence-corrected chi connectivity index (χ0v) is 21.2. The number of nitrogens with one attached hydrogen (secondary N) is 2. The van der Waals surface area contributed by atoms with E-state index in [0.717, 1.165) is 42.7 Å². The van der Waals surface area contributed by atoms with Crippen LogP contribution in [0.4, 0.5) is 5.13 Å². The van der Waals surface area contributed by atoms with E-state index in [9.17, 15) is 19.8 Å². The van der Waals surface area contributed by atoms with E-state index in [1.54, 1.807) is 12.1 Å². The van der Waals surface area contributed by atoms with E-state index >= 15 is 0 Å². The molecule has 0 spiro atoms. The van der Waals surface area contributed by atoms with Crippen molar-refractivity contribution < 1.29 is 24.2 Å². The lowest BCUT2D eigenvalue weighted by atomic mass is 9.47. The molecule has 5 rings (SSSR count). The first-order chi connectivity index (χ1) is 16.7. The summed E-state index contributed by atoms with van der Waals surface area (Å²) in [5, 5.41) is 27.8. The van der Waals surface area contributed by atoms with Gasteiger partial charge in [-0.1, -0.05) is 26.7 Å². The quantitative estimate of drug-likeness (QED) is 0.477. The monoisotopic (exact) mass is 501 g/mol. The molecule has 0 aliphatic heterocycles. The maximum Gasteiger partial charge on any atom is 0.293 e. The SMILES string of the molecule is C[C@]1(CO)[C@H]2Cc3sc(NC(=O)c4ccco4)nc3[C@@H](CC(=O)NC3CCCC3)[C@]2(C)CC[C@H]1O. The van der Waals surface area contributed by atoms with Gasteiger partial charge in [-0.2, -0.15) is 0 Å². The Morgan fingerprint density at radius 1 is 1.26 bits per heavy atom. The molecule has 0 saturated heterocycles. The lowest BCUT2D eigenvalue weighted by Gasteiger charge is -2.58. The molecule has 0 bridgehead atoms. The lowest BCUT2D eigenvalue weighted by Crippen LogP contribution is -2.57. The molecule has 5 atom stereocenters. The van der Waals surface area contributed by atoms with Crippen molar-refractivity contribution in [2.24, 2.45) is 16.7 Å². The molecule has 0 aromatic carbocycles. The van der Waals surface area contributed by atoms with Crippen LogP contribution < -0.4 is 10.6 Å². The van der Waals surface area contributed by atoms with Crippen molar-refractivity contribution in [3.63, 3.8) is 0 Å². The molecule has 8 nitrogen and oxygen atoms in total. The maximum atomic E-state index is 13.2. The van der Waals surface area contributed by atoms with Crippen molar-refractivity contribution in [3.8, 4) is 0 Å². The third kappa shape index (κ3) is 4.32. The van der Waals surface area contributed by atoms with Crippen LogP contribution in [0, 0.1) is 16.7 Å². The van der Waals surface area contributed by atoms with Gasteiger partial charge in [-0.15, -0.1) is 11.3 Å². The molecule has 35 heavy (non-hydrogen) atoms. The average Bonchev–Trinajstić information content (AvgIpc) is 3.60. The molecular formula is C26H35N3O5S. The Morgan fingerprint density at radius 3 is 2.71 bits per heavy atom. The molecule has 190 valence electrons. The number of hydrogen-bond donors (Lipinski definition) is 4. The fraction of sp³-hybridized carbons (Fsp3) is 0.654. The van der Waals surface area contributed by atoms with Crippen LogP contribution in [-0.4, -0.2) is 45.8 Å². The van der Waals surface area contributed by atoms with Crippen molar-refractivity contribution in [1.82, 2.24) is 10.3 Å². The highest BCUT2D eigenvalue weighted by atomic mass is 32.1. The van der Waals surface area contributed by atoms with Crippen molar-refractivity contribution >= 4 is 28.3 Å². The van der Waals surface area contributed by atoms with Crippen LogP contribution in [0.2, 0.25) is 0 Å². The number of hydrogen-bond acceptors (Lipinski definition) is 7. The van der Waals surface area contributed by atoms with Gasteiger partial charge in [-0.3, -0.25) is 14.9 Å². The number of carbonyl (C=O) groups is 2. The van der Waals surface area contributed by atoms with Crippen LogP contribution in [0.3, 0.4) is 0 Å². The van der Waals surface area contributed by atoms with Gasteiger partial charge in [-0.05, 0) is 55.6 Å². The van der Waals surface area contributed by atoms with Crippen molar-refractivity contribution in [2.45, 2.75) is 83.3 Å². The zero-order valence-electron chi connectivity index (χ0n) is 20.4. The number of thiazole rings is 1. The molecule has 2 aromatic rings. The Balaban J connectivity index is 1.48. The molecule has 4 N–H and O–H groups in total. The smallest absolute Gasteiger partial charge is 0.293 e. The van der Waals surface area contributed by atoms with Crippen molar-refractivity contribution in [2.75, 3.05) is 11.9 Å². The van der Waals surface area contributed by atoms with Gasteiger partial charge in [0.15, 0.2) is 10.9 Å². The Kier molecular flexibility index (Phi) is 6.52. The van der Waals surface area contributed by atoms with Gasteiger partial charge in [0.05, 0.1) is 24.7 Å². The van der Waals surface area contributed by atoms with Gasteiger partial charge >= 0.3 is 0 Å². The molecule has 2 heterocycles. The zero-order chi connectivity index (χ0) is 24.8. The minimum absolute atomic E-state index is 0.0189. The summed E-state index contributed by atoms with van der Waals surface area (Å²) in [4.78, 5) is 31.6. The summed E-state index contributed by atoms with van der Waals surface area (Å²) in [6.07, 6.45) is 7.47. The third-order valence-corrected chi connectivity index (χ3v) is 9.98. The van der Waals surface area contributed by atoms with E-state index in [4.69, 9.17) is 9.40 Å². The van der Waals surface area contributed by atoms with E-state index < -0.39 is 11.5 Å². The lowest BCUT2D eigenvalue weighted by molar-refractivity contribution is -0.144. The van der Waals surface area contributed by atoms with Crippen molar-refractivity contribution in [3.05, 3.63) is 34.7 Å². The highest BCUT2D eigenvalue weighted by Crippen LogP contribution is 2.62. The third-order valence-electron chi connectivity index (χ3n) is 8.97. The summed E-state index contributed by atoms with van der Waals surface area (Å²) in [5.74, 6) is -0.310. The number of furan rings is 1. The van der Waals surface area contributed by atoms with E-state index in [2.05, 4.69) is 17.6 Å². The van der Waals surface area contributed by atoms with Gasteiger partial charge in [0.1, 0.15) is 0 Å². The summed E-state index contributed by atoms with van der Waals surface area (Å²) in [6.45, 7) is 4.03. The summed E-state index contributed by atoms with van der Waals surface area (Å²) in [7, 11) is 0. The van der Waals surface area contributed by atoms with Crippen LogP contribution in [0.1, 0.15) is 85.8 Å². The highest BCUT2D eigenvalue weighted by molar-refractivity contribution is 7.15. The first kappa shape index (κ1) is 24.5. The van der Waals surface area contributed by atoms with Gasteiger partial charge in [0, 0.05) is 28.7 Å². The molecule has 0 radical (unpaired) electrons. The first-order valence-corrected chi connectivity index (χ1v) is 13.5. The number of aliphatic hydroxyl groups is 2. The largest absolute Gasteiger partial charge is 0.459 e. The fourth-order valence-corrected chi connectivity index (χ4v) is 7.87. The molecule has 0 unspecified atom stereocenters. The molecular weight excluding hydrogens is 466 g/mol. The van der Waals surface area contributed by atoms with Crippen LogP contribution in [0.15, 0.2) is 22.8 Å². The van der Waals surface area contributed by atoms with Gasteiger partial charge < -0.3 is 19.9 Å². The number of fused-ring (bicyclic) bond motifs is 2. The minimum Gasteiger partial charge on any atom is -0.459 e. The molecule has 2 amide bonds. The summed E-state index contributed by atoms with van der Waals surface area (Å²) in [5.41, 5.74) is -0.124. The summed E-state index contributed by atoms with van der Waals surface area (Å²) >= 11 is 1.41. The Morgan fingerprint density at radius 2 is 2.03 bits per heavy atom. The molecule has 2 saturated carbocycles. The standard InChI is InChI=1S/C26H35N3O5S/c1-25-10-9-20(31)26(2,14-30)19(25)13-18-22(16(25)12-21(32)27-15-6-3-4-7-15)28-24(35-18)29-23(33)17-8-5-11-34-17/h5,8,11,15-16,19-20,30-31H,3-4,6-7,9-10,12-14H2,1-2H3,(H,27,32)(H,28,29,33)/t16-,19+,20-,25+,26+/m1/s1. The summed E-state index contributed by atoms with van der Waals surface area (Å²) in [6, 6.07) is 3.50. The second-order valence-corrected chi connectivity index (χ2v) is 12.1. The van der Waals surface area contributed by atoms with Crippen LogP contribution in [-0.2, 0) is 11.2 Å².